The van der Waals surface area contributed by atoms with Crippen LogP contribution in [0.3, 0.4) is 0 Å². The summed E-state index contributed by atoms with van der Waals surface area (Å²) in [6, 6.07) is 10.7. The summed E-state index contributed by atoms with van der Waals surface area (Å²) in [6.07, 6.45) is 3.70. The van der Waals surface area contributed by atoms with Gasteiger partial charge in [0, 0.05) is 25.4 Å². The number of amides is 1. The molecule has 2 aromatic carbocycles. The number of fused-ring (bicyclic) bond motifs is 1. The van der Waals surface area contributed by atoms with E-state index in [1.807, 2.05) is 37.5 Å². The Bertz CT molecular complexity index is 1080. The van der Waals surface area contributed by atoms with E-state index in [9.17, 15) is 14.9 Å². The smallest absolute Gasteiger partial charge is 0.296 e. The third-order valence-corrected chi connectivity index (χ3v) is 4.38. The average molecular weight is 379 g/mol. The van der Waals surface area contributed by atoms with Crippen LogP contribution in [0.4, 0.5) is 17.1 Å². The summed E-state index contributed by atoms with van der Waals surface area (Å²) in [5.41, 5.74) is 3.55. The fourth-order valence-corrected chi connectivity index (χ4v) is 3.04. The second-order valence-electron chi connectivity index (χ2n) is 6.42. The molecule has 1 aromatic heterocycles. The Morgan fingerprint density at radius 3 is 2.93 bits per heavy atom. The van der Waals surface area contributed by atoms with Gasteiger partial charge in [-0.1, -0.05) is 18.2 Å². The molecule has 2 N–H and O–H groups in total. The van der Waals surface area contributed by atoms with Gasteiger partial charge in [-0.25, -0.2) is 0 Å². The van der Waals surface area contributed by atoms with Gasteiger partial charge in [0.15, 0.2) is 12.4 Å². The van der Waals surface area contributed by atoms with Gasteiger partial charge < -0.3 is 15.4 Å². The van der Waals surface area contributed by atoms with E-state index < -0.39 is 4.92 Å². The number of benzene rings is 2. The maximum atomic E-state index is 11.5. The molecule has 0 bridgehead atoms. The highest BCUT2D eigenvalue weighted by molar-refractivity contribution is 5.96. The van der Waals surface area contributed by atoms with Crippen LogP contribution in [-0.2, 0) is 18.4 Å². The Balaban J connectivity index is 1.59. The number of hydrogen-bond acceptors (Lipinski definition) is 6. The van der Waals surface area contributed by atoms with Gasteiger partial charge >= 0.3 is 0 Å². The topological polar surface area (TPSA) is 111 Å². The molecule has 0 radical (unpaired) electrons. The molecule has 0 atom stereocenters. The first-order valence-electron chi connectivity index (χ1n) is 8.56. The predicted molar refractivity (Wildman–Crippen MR) is 103 cm³/mol. The second kappa shape index (κ2) is 7.03. The number of hydrogen-bond donors (Lipinski definition) is 2. The molecule has 28 heavy (non-hydrogen) atoms. The van der Waals surface area contributed by atoms with Crippen molar-refractivity contribution in [2.45, 2.75) is 6.54 Å². The fraction of sp³-hybridized carbons (Fsp3) is 0.158. The number of anilines is 2. The van der Waals surface area contributed by atoms with Crippen molar-refractivity contribution in [3.8, 4) is 16.9 Å². The second-order valence-corrected chi connectivity index (χ2v) is 6.42. The van der Waals surface area contributed by atoms with E-state index in [0.717, 1.165) is 16.7 Å². The lowest BCUT2D eigenvalue weighted by molar-refractivity contribution is -0.384. The molecular weight excluding hydrogens is 362 g/mol. The summed E-state index contributed by atoms with van der Waals surface area (Å²) in [6.45, 7) is 0.223. The van der Waals surface area contributed by atoms with Gasteiger partial charge in [0.25, 0.3) is 11.6 Å². The van der Waals surface area contributed by atoms with E-state index in [1.54, 1.807) is 10.9 Å². The minimum atomic E-state index is -0.478. The third-order valence-electron chi connectivity index (χ3n) is 4.38. The summed E-state index contributed by atoms with van der Waals surface area (Å²) < 4.78 is 6.99. The van der Waals surface area contributed by atoms with E-state index in [-0.39, 0.29) is 24.0 Å². The number of nitrogens with zero attached hydrogens (tertiary/aromatic N) is 3. The van der Waals surface area contributed by atoms with E-state index in [1.165, 1.54) is 12.1 Å². The van der Waals surface area contributed by atoms with Gasteiger partial charge in [-0.05, 0) is 23.3 Å². The maximum absolute atomic E-state index is 11.5. The molecule has 4 rings (SSSR count). The standard InChI is InChI=1S/C19H17N5O4/c1-23-10-14(9-21-23)13-4-2-3-12(5-13)8-20-15-6-16-18(7-17(15)24(26)27)28-11-19(25)22-16/h2-7,9-10,20H,8,11H2,1H3,(H,22,25). The van der Waals surface area contributed by atoms with E-state index in [0.29, 0.717) is 17.9 Å². The Morgan fingerprint density at radius 2 is 2.18 bits per heavy atom. The third kappa shape index (κ3) is 3.50. The van der Waals surface area contributed by atoms with Gasteiger partial charge in [-0.3, -0.25) is 19.6 Å². The molecule has 3 aromatic rings. The van der Waals surface area contributed by atoms with Crippen molar-refractivity contribution >= 4 is 23.0 Å². The van der Waals surface area contributed by atoms with Crippen molar-refractivity contribution in [2.75, 3.05) is 17.2 Å². The molecule has 0 aliphatic carbocycles. The number of nitrogens with one attached hydrogen (secondary N) is 2. The number of nitro groups is 1. The average Bonchev–Trinajstić information content (AvgIpc) is 3.12. The van der Waals surface area contributed by atoms with Crippen LogP contribution < -0.4 is 15.4 Å². The molecule has 0 saturated carbocycles. The molecular formula is C19H17N5O4. The molecule has 0 saturated heterocycles. The predicted octanol–water partition coefficient (Wildman–Crippen LogP) is 2.94. The number of carbonyl (C=O) groups excluding carboxylic acids is 1. The zero-order valence-corrected chi connectivity index (χ0v) is 15.0. The Kier molecular flexibility index (Phi) is 4.40. The van der Waals surface area contributed by atoms with Gasteiger partial charge in [-0.15, -0.1) is 0 Å². The summed E-state index contributed by atoms with van der Waals surface area (Å²) in [5.74, 6) is -0.00750. The number of carbonyl (C=O) groups is 1. The first-order chi connectivity index (χ1) is 13.5. The molecule has 9 nitrogen and oxygen atoms in total. The van der Waals surface area contributed by atoms with Crippen molar-refractivity contribution in [1.82, 2.24) is 9.78 Å². The quantitative estimate of drug-likeness (QED) is 0.521. The van der Waals surface area contributed by atoms with Crippen LogP contribution in [0.25, 0.3) is 11.1 Å². The number of ether oxygens (including phenoxy) is 1. The molecule has 2 heterocycles. The summed E-state index contributed by atoms with van der Waals surface area (Å²) in [4.78, 5) is 22.5. The molecule has 0 unspecified atom stereocenters. The van der Waals surface area contributed by atoms with Crippen LogP contribution in [0.2, 0.25) is 0 Å². The van der Waals surface area contributed by atoms with E-state index >= 15 is 0 Å². The molecule has 1 aliphatic rings. The van der Waals surface area contributed by atoms with Gasteiger partial charge in [0.05, 0.1) is 22.9 Å². The lowest BCUT2D eigenvalue weighted by Gasteiger charge is -2.19. The first-order valence-corrected chi connectivity index (χ1v) is 8.56. The van der Waals surface area contributed by atoms with Crippen LogP contribution in [0.5, 0.6) is 5.75 Å². The van der Waals surface area contributed by atoms with Crippen molar-refractivity contribution < 1.29 is 14.5 Å². The highest BCUT2D eigenvalue weighted by Gasteiger charge is 2.23. The number of rotatable bonds is 5. The highest BCUT2D eigenvalue weighted by atomic mass is 16.6. The minimum absolute atomic E-state index is 0.113. The zero-order chi connectivity index (χ0) is 19.7. The molecule has 1 amide bonds. The summed E-state index contributed by atoms with van der Waals surface area (Å²) in [7, 11) is 1.85. The molecule has 0 spiro atoms. The number of aromatic nitrogens is 2. The van der Waals surface area contributed by atoms with Crippen molar-refractivity contribution in [3.63, 3.8) is 0 Å². The van der Waals surface area contributed by atoms with E-state index in [2.05, 4.69) is 15.7 Å². The highest BCUT2D eigenvalue weighted by Crippen LogP contribution is 2.38. The van der Waals surface area contributed by atoms with Crippen molar-refractivity contribution in [2.24, 2.45) is 7.05 Å². The Morgan fingerprint density at radius 1 is 1.32 bits per heavy atom. The molecule has 142 valence electrons. The lowest BCUT2D eigenvalue weighted by Crippen LogP contribution is -2.25. The maximum Gasteiger partial charge on any atom is 0.296 e. The number of nitro benzene ring substituents is 1. The summed E-state index contributed by atoms with van der Waals surface area (Å²) in [5, 5.41) is 21.4. The van der Waals surface area contributed by atoms with Crippen LogP contribution in [0.1, 0.15) is 5.56 Å². The SMILES string of the molecule is Cn1cc(-c2cccc(CNc3cc4c(cc3[N+](=O)[O-])OCC(=O)N4)c2)cn1. The summed E-state index contributed by atoms with van der Waals surface area (Å²) >= 11 is 0. The van der Waals surface area contributed by atoms with Gasteiger partial charge in [-0.2, -0.15) is 5.10 Å². The first kappa shape index (κ1) is 17.5. The van der Waals surface area contributed by atoms with Crippen molar-refractivity contribution in [1.29, 1.82) is 0 Å². The van der Waals surface area contributed by atoms with Gasteiger partial charge in [0.1, 0.15) is 5.69 Å². The molecule has 9 heteroatoms. The van der Waals surface area contributed by atoms with Gasteiger partial charge in [0.2, 0.25) is 0 Å². The molecule has 1 aliphatic heterocycles. The van der Waals surface area contributed by atoms with Crippen LogP contribution in [-0.4, -0.2) is 27.2 Å². The molecule has 0 fully saturated rings. The Labute approximate surface area is 160 Å². The van der Waals surface area contributed by atoms with E-state index in [4.69, 9.17) is 4.74 Å². The van der Waals surface area contributed by atoms with Crippen LogP contribution in [0.15, 0.2) is 48.8 Å². The lowest BCUT2D eigenvalue weighted by atomic mass is 10.1. The van der Waals surface area contributed by atoms with Crippen LogP contribution >= 0.6 is 0 Å². The fourth-order valence-electron chi connectivity index (χ4n) is 3.04. The Hall–Kier alpha value is -3.88. The monoisotopic (exact) mass is 379 g/mol. The van der Waals surface area contributed by atoms with Crippen molar-refractivity contribution in [3.05, 3.63) is 64.5 Å². The minimum Gasteiger partial charge on any atom is -0.481 e. The van der Waals surface area contributed by atoms with Crippen LogP contribution in [0, 0.1) is 10.1 Å². The largest absolute Gasteiger partial charge is 0.481 e. The zero-order valence-electron chi connectivity index (χ0n) is 15.0. The number of aryl methyl sites for hydroxylation is 1. The normalized spacial score (nSPS) is 12.7.